The standard InChI is InChI=1S/C11H13BrO6/c1-15-5-17-7-3-8(12)10(11(13)14)9(4-7)18-6-16-2/h3-4H,5-6H2,1-2H3,(H,13,14). The van der Waals surface area contributed by atoms with Gasteiger partial charge >= 0.3 is 5.97 Å². The molecular weight excluding hydrogens is 308 g/mol. The van der Waals surface area contributed by atoms with E-state index >= 15 is 0 Å². The van der Waals surface area contributed by atoms with Crippen molar-refractivity contribution in [3.8, 4) is 11.5 Å². The highest BCUT2D eigenvalue weighted by Crippen LogP contribution is 2.32. The van der Waals surface area contributed by atoms with Gasteiger partial charge in [0, 0.05) is 24.8 Å². The first-order valence-corrected chi connectivity index (χ1v) is 5.69. The summed E-state index contributed by atoms with van der Waals surface area (Å²) in [7, 11) is 2.93. The number of carboxylic acids is 1. The van der Waals surface area contributed by atoms with Crippen LogP contribution in [0.3, 0.4) is 0 Å². The Hall–Kier alpha value is -1.31. The Bertz CT molecular complexity index is 420. The molecule has 0 saturated carbocycles. The first-order valence-electron chi connectivity index (χ1n) is 4.90. The molecule has 0 aliphatic heterocycles. The highest BCUT2D eigenvalue weighted by molar-refractivity contribution is 9.10. The van der Waals surface area contributed by atoms with Crippen molar-refractivity contribution in [1.29, 1.82) is 0 Å². The second kappa shape index (κ2) is 7.20. The lowest BCUT2D eigenvalue weighted by Crippen LogP contribution is -2.07. The van der Waals surface area contributed by atoms with Gasteiger partial charge in [0.2, 0.25) is 0 Å². The molecule has 0 aromatic heterocycles. The van der Waals surface area contributed by atoms with Crippen LogP contribution in [0.25, 0.3) is 0 Å². The SMILES string of the molecule is COCOc1cc(Br)c(C(=O)O)c(OCOC)c1. The van der Waals surface area contributed by atoms with Crippen molar-refractivity contribution < 1.29 is 28.8 Å². The summed E-state index contributed by atoms with van der Waals surface area (Å²) >= 11 is 3.16. The monoisotopic (exact) mass is 320 g/mol. The van der Waals surface area contributed by atoms with Crippen LogP contribution in [0.15, 0.2) is 16.6 Å². The van der Waals surface area contributed by atoms with Crippen LogP contribution in [0.1, 0.15) is 10.4 Å². The Morgan fingerprint density at radius 2 is 1.83 bits per heavy atom. The number of hydrogen-bond acceptors (Lipinski definition) is 5. The van der Waals surface area contributed by atoms with Crippen LogP contribution in [-0.2, 0) is 9.47 Å². The molecule has 0 saturated heterocycles. The maximum Gasteiger partial charge on any atom is 0.340 e. The van der Waals surface area contributed by atoms with Gasteiger partial charge in [-0.2, -0.15) is 0 Å². The molecule has 0 heterocycles. The summed E-state index contributed by atoms with van der Waals surface area (Å²) in [6.07, 6.45) is 0. The minimum atomic E-state index is -1.11. The molecule has 0 unspecified atom stereocenters. The van der Waals surface area contributed by atoms with Crippen LogP contribution in [0.2, 0.25) is 0 Å². The Kier molecular flexibility index (Phi) is 5.90. The van der Waals surface area contributed by atoms with Crippen molar-refractivity contribution in [2.24, 2.45) is 0 Å². The van der Waals surface area contributed by atoms with Gasteiger partial charge in [0.15, 0.2) is 13.6 Å². The van der Waals surface area contributed by atoms with Crippen LogP contribution in [0.4, 0.5) is 0 Å². The van der Waals surface area contributed by atoms with E-state index in [0.29, 0.717) is 10.2 Å². The van der Waals surface area contributed by atoms with E-state index in [1.807, 2.05) is 0 Å². The number of rotatable bonds is 7. The van der Waals surface area contributed by atoms with Gasteiger partial charge in [-0.25, -0.2) is 4.79 Å². The second-order valence-electron chi connectivity index (χ2n) is 3.19. The van der Waals surface area contributed by atoms with E-state index in [0.717, 1.165) is 0 Å². The van der Waals surface area contributed by atoms with Gasteiger partial charge in [0.25, 0.3) is 0 Å². The largest absolute Gasteiger partial charge is 0.478 e. The van der Waals surface area contributed by atoms with Crippen molar-refractivity contribution in [3.63, 3.8) is 0 Å². The third-order valence-electron chi connectivity index (χ3n) is 1.92. The molecule has 0 fully saturated rings. The minimum absolute atomic E-state index is 0.0109. The predicted molar refractivity (Wildman–Crippen MR) is 66.1 cm³/mol. The van der Waals surface area contributed by atoms with Gasteiger partial charge in [0.1, 0.15) is 17.1 Å². The van der Waals surface area contributed by atoms with Crippen molar-refractivity contribution >= 4 is 21.9 Å². The van der Waals surface area contributed by atoms with Crippen LogP contribution >= 0.6 is 15.9 Å². The van der Waals surface area contributed by atoms with Crippen LogP contribution in [0.5, 0.6) is 11.5 Å². The number of aromatic carboxylic acids is 1. The highest BCUT2D eigenvalue weighted by Gasteiger charge is 2.18. The molecule has 100 valence electrons. The van der Waals surface area contributed by atoms with Gasteiger partial charge in [-0.3, -0.25) is 0 Å². The van der Waals surface area contributed by atoms with Gasteiger partial charge in [-0.1, -0.05) is 0 Å². The smallest absolute Gasteiger partial charge is 0.340 e. The van der Waals surface area contributed by atoms with E-state index in [4.69, 9.17) is 24.1 Å². The van der Waals surface area contributed by atoms with Crippen molar-refractivity contribution in [1.82, 2.24) is 0 Å². The quantitative estimate of drug-likeness (QED) is 0.776. The van der Waals surface area contributed by atoms with Gasteiger partial charge in [0.05, 0.1) is 0 Å². The zero-order chi connectivity index (χ0) is 13.5. The first-order chi connectivity index (χ1) is 8.60. The molecule has 18 heavy (non-hydrogen) atoms. The number of benzene rings is 1. The molecule has 7 heteroatoms. The highest BCUT2D eigenvalue weighted by atomic mass is 79.9. The lowest BCUT2D eigenvalue weighted by molar-refractivity contribution is 0.0444. The molecule has 1 aromatic rings. The summed E-state index contributed by atoms with van der Waals surface area (Å²) in [5.41, 5.74) is 0.0109. The number of carboxylic acid groups (broad SMARTS) is 1. The fourth-order valence-electron chi connectivity index (χ4n) is 1.21. The van der Waals surface area contributed by atoms with Crippen LogP contribution in [-0.4, -0.2) is 38.9 Å². The lowest BCUT2D eigenvalue weighted by atomic mass is 10.2. The Morgan fingerprint density at radius 3 is 2.39 bits per heavy atom. The average Bonchev–Trinajstić information content (AvgIpc) is 2.32. The van der Waals surface area contributed by atoms with E-state index < -0.39 is 5.97 Å². The van der Waals surface area contributed by atoms with Gasteiger partial charge in [-0.15, -0.1) is 0 Å². The lowest BCUT2D eigenvalue weighted by Gasteiger charge is -2.12. The molecule has 0 spiro atoms. The fourth-order valence-corrected chi connectivity index (χ4v) is 1.80. The zero-order valence-corrected chi connectivity index (χ0v) is 11.5. The predicted octanol–water partition coefficient (Wildman–Crippen LogP) is 2.11. The first kappa shape index (κ1) is 14.7. The van der Waals surface area contributed by atoms with Crippen LogP contribution < -0.4 is 9.47 Å². The number of hydrogen-bond donors (Lipinski definition) is 1. The molecule has 0 atom stereocenters. The normalized spacial score (nSPS) is 10.2. The Labute approximate surface area is 113 Å². The molecule has 0 amide bonds. The average molecular weight is 321 g/mol. The molecule has 1 rings (SSSR count). The maximum atomic E-state index is 11.1. The maximum absolute atomic E-state index is 11.1. The van der Waals surface area contributed by atoms with E-state index in [1.165, 1.54) is 26.4 Å². The summed E-state index contributed by atoms with van der Waals surface area (Å²) in [4.78, 5) is 11.1. The summed E-state index contributed by atoms with van der Waals surface area (Å²) in [6, 6.07) is 2.99. The summed E-state index contributed by atoms with van der Waals surface area (Å²) in [6.45, 7) is 0.00300. The van der Waals surface area contributed by atoms with E-state index in [9.17, 15) is 4.79 Å². The van der Waals surface area contributed by atoms with E-state index in [1.54, 1.807) is 0 Å². The summed E-state index contributed by atoms with van der Waals surface area (Å²) in [5, 5.41) is 9.10. The number of carbonyl (C=O) groups is 1. The van der Waals surface area contributed by atoms with E-state index in [-0.39, 0.29) is 24.9 Å². The number of methoxy groups -OCH3 is 2. The molecule has 0 radical (unpaired) electrons. The summed E-state index contributed by atoms with van der Waals surface area (Å²) in [5.74, 6) is -0.518. The molecule has 0 aliphatic rings. The molecular formula is C11H13BrO6. The van der Waals surface area contributed by atoms with Gasteiger partial charge in [-0.05, 0) is 22.0 Å². The van der Waals surface area contributed by atoms with Crippen molar-refractivity contribution in [3.05, 3.63) is 22.2 Å². The molecule has 0 aliphatic carbocycles. The van der Waals surface area contributed by atoms with Crippen LogP contribution in [0, 0.1) is 0 Å². The second-order valence-corrected chi connectivity index (χ2v) is 4.04. The fraction of sp³-hybridized carbons (Fsp3) is 0.364. The Balaban J connectivity index is 3.06. The van der Waals surface area contributed by atoms with Gasteiger partial charge < -0.3 is 24.1 Å². The molecule has 1 N–H and O–H groups in total. The minimum Gasteiger partial charge on any atom is -0.478 e. The number of halogens is 1. The number of ether oxygens (including phenoxy) is 4. The zero-order valence-electron chi connectivity index (χ0n) is 9.94. The molecule has 1 aromatic carbocycles. The van der Waals surface area contributed by atoms with Crippen molar-refractivity contribution in [2.75, 3.05) is 27.8 Å². The third-order valence-corrected chi connectivity index (χ3v) is 2.54. The molecule has 0 bridgehead atoms. The van der Waals surface area contributed by atoms with E-state index in [2.05, 4.69) is 15.9 Å². The molecule has 6 nitrogen and oxygen atoms in total. The van der Waals surface area contributed by atoms with Crippen molar-refractivity contribution in [2.45, 2.75) is 0 Å². The summed E-state index contributed by atoms with van der Waals surface area (Å²) < 4.78 is 20.3. The topological polar surface area (TPSA) is 74.2 Å². The third kappa shape index (κ3) is 3.86. The Morgan fingerprint density at radius 1 is 1.22 bits per heavy atom.